The summed E-state index contributed by atoms with van der Waals surface area (Å²) in [7, 11) is 0. The van der Waals surface area contributed by atoms with Crippen molar-refractivity contribution in [1.82, 2.24) is 9.97 Å². The number of anilines is 2. The van der Waals surface area contributed by atoms with Gasteiger partial charge in [-0.1, -0.05) is 20.8 Å². The van der Waals surface area contributed by atoms with Crippen LogP contribution in [0.15, 0.2) is 6.07 Å². The number of hydrogen-bond acceptors (Lipinski definition) is 6. The van der Waals surface area contributed by atoms with Gasteiger partial charge in [-0.25, -0.2) is 15.8 Å². The van der Waals surface area contributed by atoms with E-state index in [9.17, 15) is 0 Å². The lowest BCUT2D eigenvalue weighted by molar-refractivity contribution is 0.545. The van der Waals surface area contributed by atoms with Gasteiger partial charge < -0.3 is 10.7 Å². The van der Waals surface area contributed by atoms with Crippen LogP contribution in [0.25, 0.3) is 0 Å². The lowest BCUT2D eigenvalue weighted by Gasteiger charge is -2.24. The van der Waals surface area contributed by atoms with Gasteiger partial charge in [0.25, 0.3) is 0 Å². The Morgan fingerprint density at radius 3 is 2.42 bits per heavy atom. The molecule has 0 aromatic carbocycles. The molecule has 1 fully saturated rings. The fraction of sp³-hybridized carbons (Fsp3) is 0.692. The molecule has 5 nitrogen and oxygen atoms in total. The number of nitrogen functional groups attached to an aromatic ring is 1. The number of thioether (sulfide) groups is 1. The van der Waals surface area contributed by atoms with Crippen molar-refractivity contribution in [2.24, 2.45) is 5.84 Å². The van der Waals surface area contributed by atoms with Crippen LogP contribution in [0.2, 0.25) is 0 Å². The van der Waals surface area contributed by atoms with Crippen molar-refractivity contribution in [3.05, 3.63) is 11.9 Å². The zero-order valence-electron chi connectivity index (χ0n) is 11.9. The van der Waals surface area contributed by atoms with E-state index in [0.29, 0.717) is 11.9 Å². The number of rotatable bonds is 3. The molecule has 2 heterocycles. The molecule has 0 radical (unpaired) electrons. The third-order valence-electron chi connectivity index (χ3n) is 3.12. The maximum absolute atomic E-state index is 5.49. The molecule has 1 aliphatic heterocycles. The van der Waals surface area contributed by atoms with Crippen LogP contribution in [0.3, 0.4) is 0 Å². The summed E-state index contributed by atoms with van der Waals surface area (Å²) >= 11 is 2.02. The summed E-state index contributed by atoms with van der Waals surface area (Å²) in [5, 5.41) is 3.51. The lowest BCUT2D eigenvalue weighted by atomic mass is 9.96. The average Bonchev–Trinajstić information content (AvgIpc) is 2.38. The van der Waals surface area contributed by atoms with E-state index in [1.54, 1.807) is 0 Å². The molecule has 0 atom stereocenters. The molecule has 6 heteroatoms. The van der Waals surface area contributed by atoms with Gasteiger partial charge in [-0.15, -0.1) is 0 Å². The third kappa shape index (κ3) is 3.98. The maximum atomic E-state index is 5.49. The van der Waals surface area contributed by atoms with Crippen LogP contribution in [-0.2, 0) is 5.41 Å². The summed E-state index contributed by atoms with van der Waals surface area (Å²) in [4.78, 5) is 9.05. The highest BCUT2D eigenvalue weighted by atomic mass is 32.2. The van der Waals surface area contributed by atoms with Crippen LogP contribution in [0.1, 0.15) is 39.4 Å². The summed E-state index contributed by atoms with van der Waals surface area (Å²) in [6.07, 6.45) is 2.37. The first-order valence-corrected chi connectivity index (χ1v) is 7.85. The van der Waals surface area contributed by atoms with E-state index in [-0.39, 0.29) is 5.41 Å². The molecule has 1 aromatic rings. The van der Waals surface area contributed by atoms with Gasteiger partial charge in [0.1, 0.15) is 17.5 Å². The second-order valence-electron chi connectivity index (χ2n) is 5.89. The Morgan fingerprint density at radius 1 is 1.21 bits per heavy atom. The summed E-state index contributed by atoms with van der Waals surface area (Å²) < 4.78 is 0. The van der Waals surface area contributed by atoms with E-state index >= 15 is 0 Å². The number of hydrogen-bond donors (Lipinski definition) is 3. The Hall–Kier alpha value is -1.01. The smallest absolute Gasteiger partial charge is 0.145 e. The van der Waals surface area contributed by atoms with E-state index in [0.717, 1.165) is 11.6 Å². The Morgan fingerprint density at radius 2 is 1.84 bits per heavy atom. The third-order valence-corrected chi connectivity index (χ3v) is 4.17. The van der Waals surface area contributed by atoms with E-state index in [4.69, 9.17) is 5.84 Å². The SMILES string of the molecule is CC(C)(C)c1nc(NN)cc(NC2CCSCC2)n1. The zero-order chi connectivity index (χ0) is 13.9. The molecular formula is C13H23N5S. The molecule has 4 N–H and O–H groups in total. The number of hydrazine groups is 1. The van der Waals surface area contributed by atoms with Crippen LogP contribution < -0.4 is 16.6 Å². The second-order valence-corrected chi connectivity index (χ2v) is 7.11. The summed E-state index contributed by atoms with van der Waals surface area (Å²) in [5.74, 6) is 10.3. The highest BCUT2D eigenvalue weighted by Gasteiger charge is 2.20. The molecule has 0 unspecified atom stereocenters. The fourth-order valence-electron chi connectivity index (χ4n) is 1.98. The van der Waals surface area contributed by atoms with Crippen LogP contribution in [0.4, 0.5) is 11.6 Å². The molecule has 1 aromatic heterocycles. The van der Waals surface area contributed by atoms with Crippen LogP contribution in [-0.4, -0.2) is 27.5 Å². The van der Waals surface area contributed by atoms with Gasteiger partial charge >= 0.3 is 0 Å². The first kappa shape index (κ1) is 14.4. The van der Waals surface area contributed by atoms with Gasteiger partial charge in [-0.05, 0) is 24.3 Å². The predicted molar refractivity (Wildman–Crippen MR) is 82.5 cm³/mol. The molecule has 0 bridgehead atoms. The van der Waals surface area contributed by atoms with E-state index < -0.39 is 0 Å². The molecule has 1 aliphatic rings. The maximum Gasteiger partial charge on any atom is 0.145 e. The molecule has 0 spiro atoms. The Kier molecular flexibility index (Phi) is 4.52. The van der Waals surface area contributed by atoms with Crippen molar-refractivity contribution in [3.63, 3.8) is 0 Å². The highest BCUT2D eigenvalue weighted by Crippen LogP contribution is 2.24. The topological polar surface area (TPSA) is 75.9 Å². The van der Waals surface area contributed by atoms with Gasteiger partial charge in [0.15, 0.2) is 0 Å². The molecule has 0 aliphatic carbocycles. The Labute approximate surface area is 119 Å². The summed E-state index contributed by atoms with van der Waals surface area (Å²) in [6, 6.07) is 2.38. The minimum atomic E-state index is -0.0916. The average molecular weight is 281 g/mol. The van der Waals surface area contributed by atoms with Crippen LogP contribution >= 0.6 is 11.8 Å². The van der Waals surface area contributed by atoms with Crippen molar-refractivity contribution in [3.8, 4) is 0 Å². The molecule has 19 heavy (non-hydrogen) atoms. The normalized spacial score (nSPS) is 17.3. The fourth-order valence-corrected chi connectivity index (χ4v) is 3.09. The van der Waals surface area contributed by atoms with Crippen molar-refractivity contribution in [2.45, 2.75) is 45.1 Å². The van der Waals surface area contributed by atoms with E-state index in [1.165, 1.54) is 24.3 Å². The van der Waals surface area contributed by atoms with Gasteiger partial charge in [-0.3, -0.25) is 0 Å². The first-order chi connectivity index (χ1) is 8.99. The first-order valence-electron chi connectivity index (χ1n) is 6.69. The van der Waals surface area contributed by atoms with E-state index in [2.05, 4.69) is 41.5 Å². The van der Waals surface area contributed by atoms with Gasteiger partial charge in [0.2, 0.25) is 0 Å². The monoisotopic (exact) mass is 281 g/mol. The van der Waals surface area contributed by atoms with Crippen molar-refractivity contribution in [2.75, 3.05) is 22.2 Å². The number of aromatic nitrogens is 2. The van der Waals surface area contributed by atoms with Gasteiger partial charge in [-0.2, -0.15) is 11.8 Å². The number of nitrogens with one attached hydrogen (secondary N) is 2. The largest absolute Gasteiger partial charge is 0.367 e. The van der Waals surface area contributed by atoms with E-state index in [1.807, 2.05) is 17.8 Å². The summed E-state index contributed by atoms with van der Waals surface area (Å²) in [6.45, 7) is 6.30. The minimum Gasteiger partial charge on any atom is -0.367 e. The van der Waals surface area contributed by atoms with Gasteiger partial charge in [0.05, 0.1) is 0 Å². The van der Waals surface area contributed by atoms with Crippen LogP contribution in [0.5, 0.6) is 0 Å². The molecule has 1 saturated heterocycles. The molecule has 106 valence electrons. The minimum absolute atomic E-state index is 0.0916. The highest BCUT2D eigenvalue weighted by molar-refractivity contribution is 7.99. The van der Waals surface area contributed by atoms with Crippen LogP contribution in [0, 0.1) is 0 Å². The Balaban J connectivity index is 2.19. The molecule has 0 saturated carbocycles. The summed E-state index contributed by atoms with van der Waals surface area (Å²) in [5.41, 5.74) is 2.53. The standard InChI is InChI=1S/C13H23N5S/c1-13(2,3)12-16-10(8-11(17-12)18-14)15-9-4-6-19-7-5-9/h8-9H,4-7,14H2,1-3H3,(H2,15,16,17,18). The van der Waals surface area contributed by atoms with Crippen molar-refractivity contribution in [1.29, 1.82) is 0 Å². The lowest BCUT2D eigenvalue weighted by Crippen LogP contribution is -2.26. The predicted octanol–water partition coefficient (Wildman–Crippen LogP) is 2.37. The number of nitrogens with two attached hydrogens (primary N) is 1. The molecular weight excluding hydrogens is 258 g/mol. The van der Waals surface area contributed by atoms with Crippen molar-refractivity contribution >= 4 is 23.4 Å². The molecule has 0 amide bonds. The van der Waals surface area contributed by atoms with Gasteiger partial charge in [0, 0.05) is 17.5 Å². The zero-order valence-corrected chi connectivity index (χ0v) is 12.7. The van der Waals surface area contributed by atoms with Crippen molar-refractivity contribution < 1.29 is 0 Å². The second kappa shape index (κ2) is 5.96. The number of nitrogens with zero attached hydrogens (tertiary/aromatic N) is 2. The Bertz CT molecular complexity index is 424. The quantitative estimate of drug-likeness (QED) is 0.583. The molecule has 2 rings (SSSR count).